The fraction of sp³-hybridized carbons (Fsp3) is 0.500. The molecule has 0 spiro atoms. The third-order valence-electron chi connectivity index (χ3n) is 3.21. The van der Waals surface area contributed by atoms with Crippen LogP contribution in [0.3, 0.4) is 0 Å². The predicted molar refractivity (Wildman–Crippen MR) is 86.8 cm³/mol. The van der Waals surface area contributed by atoms with Crippen molar-refractivity contribution in [3.63, 3.8) is 0 Å². The van der Waals surface area contributed by atoms with E-state index < -0.39 is 23.7 Å². The quantitative estimate of drug-likeness (QED) is 0.709. The van der Waals surface area contributed by atoms with Gasteiger partial charge in [0.15, 0.2) is 0 Å². The minimum Gasteiger partial charge on any atom is -0.393 e. The Labute approximate surface area is 140 Å². The first kappa shape index (κ1) is 19.4. The van der Waals surface area contributed by atoms with Gasteiger partial charge in [0.25, 0.3) is 5.91 Å². The lowest BCUT2D eigenvalue weighted by Gasteiger charge is -2.26. The van der Waals surface area contributed by atoms with Crippen LogP contribution < -0.4 is 10.6 Å². The number of benzene rings is 1. The number of carbonyl (C=O) groups excluding carboxylic acids is 2. The zero-order valence-corrected chi connectivity index (χ0v) is 14.2. The lowest BCUT2D eigenvalue weighted by molar-refractivity contribution is -0.120. The molecular formula is C16H22ClFN2O3. The second-order valence-electron chi connectivity index (χ2n) is 6.27. The van der Waals surface area contributed by atoms with Crippen LogP contribution in [0.5, 0.6) is 0 Å². The highest BCUT2D eigenvalue weighted by Gasteiger charge is 2.21. The van der Waals surface area contributed by atoms with Gasteiger partial charge in [-0.1, -0.05) is 31.5 Å². The topological polar surface area (TPSA) is 78.4 Å². The van der Waals surface area contributed by atoms with Crippen molar-refractivity contribution in [2.24, 2.45) is 5.41 Å². The Morgan fingerprint density at radius 2 is 2.00 bits per heavy atom. The zero-order chi connectivity index (χ0) is 17.6. The lowest BCUT2D eigenvalue weighted by Crippen LogP contribution is -2.41. The van der Waals surface area contributed by atoms with E-state index in [0.29, 0.717) is 13.0 Å². The molecule has 1 aromatic rings. The highest BCUT2D eigenvalue weighted by atomic mass is 35.5. The van der Waals surface area contributed by atoms with Crippen molar-refractivity contribution in [1.29, 1.82) is 0 Å². The van der Waals surface area contributed by atoms with Gasteiger partial charge in [-0.15, -0.1) is 0 Å². The van der Waals surface area contributed by atoms with Crippen LogP contribution in [0.25, 0.3) is 0 Å². The molecule has 1 atom stereocenters. The van der Waals surface area contributed by atoms with Gasteiger partial charge in [-0.2, -0.15) is 0 Å². The summed E-state index contributed by atoms with van der Waals surface area (Å²) in [5, 5.41) is 14.4. The second kappa shape index (κ2) is 8.26. The SMILES string of the molecule is CC(O)CC(C)(C)CNC(=O)CNC(=O)c1c(F)cccc1Cl. The first-order valence-electron chi connectivity index (χ1n) is 7.29. The van der Waals surface area contributed by atoms with Gasteiger partial charge in [0.1, 0.15) is 5.82 Å². The minimum absolute atomic E-state index is 0.0130. The Morgan fingerprint density at radius 1 is 1.35 bits per heavy atom. The van der Waals surface area contributed by atoms with Gasteiger partial charge in [-0.25, -0.2) is 4.39 Å². The minimum atomic E-state index is -0.744. The maximum atomic E-state index is 13.6. The molecule has 0 bridgehead atoms. The van der Waals surface area contributed by atoms with E-state index in [0.717, 1.165) is 6.07 Å². The monoisotopic (exact) mass is 344 g/mol. The van der Waals surface area contributed by atoms with Crippen molar-refractivity contribution >= 4 is 23.4 Å². The van der Waals surface area contributed by atoms with E-state index in [-0.39, 0.29) is 22.5 Å². The number of nitrogens with one attached hydrogen (secondary N) is 2. The van der Waals surface area contributed by atoms with Crippen LogP contribution in [0.4, 0.5) is 4.39 Å². The number of aliphatic hydroxyl groups excluding tert-OH is 1. The summed E-state index contributed by atoms with van der Waals surface area (Å²) in [6, 6.07) is 3.92. The summed E-state index contributed by atoms with van der Waals surface area (Å²) in [5.74, 6) is -1.88. The maximum absolute atomic E-state index is 13.6. The summed E-state index contributed by atoms with van der Waals surface area (Å²) >= 11 is 5.78. The number of amides is 2. The Bertz CT molecular complexity index is 556. The van der Waals surface area contributed by atoms with E-state index in [1.165, 1.54) is 12.1 Å². The van der Waals surface area contributed by atoms with E-state index in [1.54, 1.807) is 6.92 Å². The van der Waals surface area contributed by atoms with Gasteiger partial charge in [0.2, 0.25) is 5.91 Å². The molecule has 0 aromatic heterocycles. The molecule has 0 aliphatic carbocycles. The summed E-state index contributed by atoms with van der Waals surface area (Å²) in [6.45, 7) is 5.58. The summed E-state index contributed by atoms with van der Waals surface area (Å²) in [5.41, 5.74) is -0.556. The molecule has 0 saturated carbocycles. The lowest BCUT2D eigenvalue weighted by atomic mass is 9.87. The predicted octanol–water partition coefficient (Wildman–Crippen LogP) is 2.12. The van der Waals surface area contributed by atoms with Crippen LogP contribution in [0.15, 0.2) is 18.2 Å². The van der Waals surface area contributed by atoms with Crippen LogP contribution in [-0.2, 0) is 4.79 Å². The number of hydrogen-bond acceptors (Lipinski definition) is 3. The molecule has 1 rings (SSSR count). The van der Waals surface area contributed by atoms with Gasteiger partial charge in [0, 0.05) is 6.54 Å². The first-order chi connectivity index (χ1) is 10.6. The maximum Gasteiger partial charge on any atom is 0.256 e. The molecule has 0 aliphatic rings. The van der Waals surface area contributed by atoms with Gasteiger partial charge >= 0.3 is 0 Å². The average molecular weight is 345 g/mol. The molecule has 128 valence electrons. The van der Waals surface area contributed by atoms with E-state index in [1.807, 2.05) is 13.8 Å². The van der Waals surface area contributed by atoms with Gasteiger partial charge in [-0.3, -0.25) is 9.59 Å². The largest absolute Gasteiger partial charge is 0.393 e. The molecular weight excluding hydrogens is 323 g/mol. The molecule has 23 heavy (non-hydrogen) atoms. The van der Waals surface area contributed by atoms with Crippen LogP contribution in [-0.4, -0.2) is 36.1 Å². The molecule has 3 N–H and O–H groups in total. The first-order valence-corrected chi connectivity index (χ1v) is 7.67. The van der Waals surface area contributed by atoms with E-state index in [4.69, 9.17) is 11.6 Å². The average Bonchev–Trinajstić information content (AvgIpc) is 2.41. The molecule has 1 aromatic carbocycles. The number of carbonyl (C=O) groups is 2. The molecule has 0 heterocycles. The van der Waals surface area contributed by atoms with E-state index in [2.05, 4.69) is 10.6 Å². The van der Waals surface area contributed by atoms with Crippen molar-refractivity contribution in [2.75, 3.05) is 13.1 Å². The van der Waals surface area contributed by atoms with Crippen molar-refractivity contribution in [3.05, 3.63) is 34.6 Å². The summed E-state index contributed by atoms with van der Waals surface area (Å²) < 4.78 is 13.6. The number of rotatable bonds is 7. The highest BCUT2D eigenvalue weighted by Crippen LogP contribution is 2.21. The van der Waals surface area contributed by atoms with Crippen LogP contribution in [0.2, 0.25) is 5.02 Å². The standard InChI is InChI=1S/C16H22ClFN2O3/c1-10(21)7-16(2,3)9-20-13(22)8-19-15(23)14-11(17)5-4-6-12(14)18/h4-6,10,21H,7-9H2,1-3H3,(H,19,23)(H,20,22). The normalized spacial score (nSPS) is 12.6. The smallest absolute Gasteiger partial charge is 0.256 e. The number of halogens is 2. The Balaban J connectivity index is 2.49. The fourth-order valence-electron chi connectivity index (χ4n) is 2.24. The molecule has 0 saturated heterocycles. The summed E-state index contributed by atoms with van der Waals surface area (Å²) in [7, 11) is 0. The van der Waals surface area contributed by atoms with Crippen molar-refractivity contribution in [3.8, 4) is 0 Å². The third-order valence-corrected chi connectivity index (χ3v) is 3.53. The van der Waals surface area contributed by atoms with Crippen LogP contribution >= 0.6 is 11.6 Å². The van der Waals surface area contributed by atoms with E-state index in [9.17, 15) is 19.1 Å². The van der Waals surface area contributed by atoms with Crippen molar-refractivity contribution in [2.45, 2.75) is 33.3 Å². The summed E-state index contributed by atoms with van der Waals surface area (Å²) in [4.78, 5) is 23.7. The van der Waals surface area contributed by atoms with Crippen molar-refractivity contribution in [1.82, 2.24) is 10.6 Å². The molecule has 2 amide bonds. The highest BCUT2D eigenvalue weighted by molar-refractivity contribution is 6.33. The second-order valence-corrected chi connectivity index (χ2v) is 6.68. The fourth-order valence-corrected chi connectivity index (χ4v) is 2.48. The summed E-state index contributed by atoms with van der Waals surface area (Å²) in [6.07, 6.45) is 0.0644. The molecule has 7 heteroatoms. The number of hydrogen-bond donors (Lipinski definition) is 3. The molecule has 1 unspecified atom stereocenters. The third kappa shape index (κ3) is 6.54. The number of aliphatic hydroxyl groups is 1. The van der Waals surface area contributed by atoms with Gasteiger partial charge in [0.05, 0.1) is 23.2 Å². The molecule has 0 radical (unpaired) electrons. The van der Waals surface area contributed by atoms with E-state index >= 15 is 0 Å². The molecule has 0 aliphatic heterocycles. The zero-order valence-electron chi connectivity index (χ0n) is 13.5. The Morgan fingerprint density at radius 3 is 2.57 bits per heavy atom. The van der Waals surface area contributed by atoms with Crippen LogP contribution in [0.1, 0.15) is 37.6 Å². The molecule has 0 fully saturated rings. The van der Waals surface area contributed by atoms with Gasteiger partial charge < -0.3 is 15.7 Å². The van der Waals surface area contributed by atoms with Gasteiger partial charge in [-0.05, 0) is 30.9 Å². The molecule has 5 nitrogen and oxygen atoms in total. The Hall–Kier alpha value is -1.66. The van der Waals surface area contributed by atoms with Crippen LogP contribution in [0, 0.1) is 11.2 Å². The van der Waals surface area contributed by atoms with Crippen molar-refractivity contribution < 1.29 is 19.1 Å². The Kier molecular flexibility index (Phi) is 6.97.